The fraction of sp³-hybridized carbons (Fsp3) is 0.385. The van der Waals surface area contributed by atoms with Gasteiger partial charge in [0.1, 0.15) is 5.41 Å². The molecule has 1 aromatic rings. The number of benzene rings is 1. The van der Waals surface area contributed by atoms with Crippen molar-refractivity contribution < 1.29 is 15.1 Å². The Bertz CT molecular complexity index is 515. The molecule has 0 saturated heterocycles. The number of rotatable bonds is 2. The highest BCUT2D eigenvalue weighted by Crippen LogP contribution is 2.41. The zero-order valence-electron chi connectivity index (χ0n) is 9.93. The molecule has 1 unspecified atom stereocenters. The highest BCUT2D eigenvalue weighted by molar-refractivity contribution is 6.30. The molecular weight excluding hydrogens is 254 g/mol. The summed E-state index contributed by atoms with van der Waals surface area (Å²) in [5.41, 5.74) is 0.297. The average Bonchev–Trinajstić information content (AvgIpc) is 2.32. The van der Waals surface area contributed by atoms with Gasteiger partial charge in [-0.25, -0.2) is 0 Å². The summed E-state index contributed by atoms with van der Waals surface area (Å²) in [5.74, 6) is -1.14. The van der Waals surface area contributed by atoms with E-state index in [1.54, 1.807) is 18.2 Å². The van der Waals surface area contributed by atoms with Crippen molar-refractivity contribution in [3.63, 3.8) is 0 Å². The van der Waals surface area contributed by atoms with Crippen LogP contribution < -0.4 is 0 Å². The summed E-state index contributed by atoms with van der Waals surface area (Å²) >= 11 is 5.93. The van der Waals surface area contributed by atoms with Crippen molar-refractivity contribution in [2.45, 2.75) is 25.2 Å². The summed E-state index contributed by atoms with van der Waals surface area (Å²) in [6.45, 7) is 1.85. The molecule has 0 amide bonds. The Labute approximate surface area is 110 Å². The number of aryl methyl sites for hydroxylation is 1. The number of oxime groups is 1. The molecule has 0 bridgehead atoms. The number of halogens is 1. The van der Waals surface area contributed by atoms with Crippen molar-refractivity contribution in [2.24, 2.45) is 11.1 Å². The van der Waals surface area contributed by atoms with Gasteiger partial charge < -0.3 is 10.3 Å². The molecule has 2 atom stereocenters. The molecule has 1 aliphatic carbocycles. The van der Waals surface area contributed by atoms with E-state index in [4.69, 9.17) is 16.8 Å². The first-order valence-corrected chi connectivity index (χ1v) is 6.11. The number of aliphatic carboxylic acids is 1. The van der Waals surface area contributed by atoms with Gasteiger partial charge in [-0.3, -0.25) is 4.79 Å². The Hall–Kier alpha value is -1.55. The zero-order chi connectivity index (χ0) is 13.3. The highest BCUT2D eigenvalue weighted by Gasteiger charge is 2.47. The first kappa shape index (κ1) is 12.9. The summed E-state index contributed by atoms with van der Waals surface area (Å²) in [5, 5.41) is 22.0. The van der Waals surface area contributed by atoms with Crippen LogP contribution in [0.3, 0.4) is 0 Å². The lowest BCUT2D eigenvalue weighted by molar-refractivity contribution is -0.143. The van der Waals surface area contributed by atoms with Crippen LogP contribution in [0.15, 0.2) is 23.4 Å². The monoisotopic (exact) mass is 267 g/mol. The van der Waals surface area contributed by atoms with Crippen molar-refractivity contribution in [3.8, 4) is 0 Å². The molecule has 0 radical (unpaired) electrons. The summed E-state index contributed by atoms with van der Waals surface area (Å²) in [6.07, 6.45) is 2.61. The van der Waals surface area contributed by atoms with Gasteiger partial charge in [0.05, 0.1) is 6.21 Å². The van der Waals surface area contributed by atoms with Gasteiger partial charge >= 0.3 is 5.97 Å². The Kier molecular flexibility index (Phi) is 3.30. The van der Waals surface area contributed by atoms with Gasteiger partial charge in [0.2, 0.25) is 0 Å². The first-order chi connectivity index (χ1) is 8.52. The lowest BCUT2D eigenvalue weighted by Gasteiger charge is -2.37. The third-order valence-corrected chi connectivity index (χ3v) is 3.99. The molecule has 0 saturated carbocycles. The molecule has 1 aromatic carbocycles. The fourth-order valence-corrected chi connectivity index (χ4v) is 2.90. The van der Waals surface area contributed by atoms with Gasteiger partial charge in [-0.2, -0.15) is 0 Å². The maximum absolute atomic E-state index is 11.7. The molecule has 96 valence electrons. The van der Waals surface area contributed by atoms with Crippen LogP contribution in [0.25, 0.3) is 0 Å². The molecule has 2 rings (SSSR count). The number of carboxylic acids is 1. The van der Waals surface area contributed by atoms with E-state index in [-0.39, 0.29) is 5.92 Å². The molecule has 4 nitrogen and oxygen atoms in total. The maximum atomic E-state index is 11.7. The van der Waals surface area contributed by atoms with Gasteiger partial charge in [0, 0.05) is 5.02 Å². The van der Waals surface area contributed by atoms with E-state index in [1.165, 1.54) is 0 Å². The molecule has 0 fully saturated rings. The second-order valence-corrected chi connectivity index (χ2v) is 5.10. The number of carbonyl (C=O) groups is 1. The van der Waals surface area contributed by atoms with Gasteiger partial charge in [-0.15, -0.1) is 5.16 Å². The zero-order valence-corrected chi connectivity index (χ0v) is 10.7. The van der Waals surface area contributed by atoms with Gasteiger partial charge in [0.15, 0.2) is 0 Å². The number of hydrogen-bond donors (Lipinski definition) is 2. The van der Waals surface area contributed by atoms with Crippen molar-refractivity contribution in [1.29, 1.82) is 0 Å². The van der Waals surface area contributed by atoms with E-state index in [1.807, 2.05) is 6.92 Å². The van der Waals surface area contributed by atoms with Crippen LogP contribution in [0.2, 0.25) is 5.02 Å². The van der Waals surface area contributed by atoms with Crippen LogP contribution >= 0.6 is 11.6 Å². The van der Waals surface area contributed by atoms with Crippen LogP contribution in [0.1, 0.15) is 24.5 Å². The highest BCUT2D eigenvalue weighted by atomic mass is 35.5. The molecule has 0 aliphatic heterocycles. The molecule has 5 heteroatoms. The third-order valence-electron chi connectivity index (χ3n) is 3.75. The Balaban J connectivity index is 2.69. The summed E-state index contributed by atoms with van der Waals surface area (Å²) in [4.78, 5) is 11.7. The lowest BCUT2D eigenvalue weighted by Crippen LogP contribution is -2.46. The Morgan fingerprint density at radius 3 is 2.94 bits per heavy atom. The van der Waals surface area contributed by atoms with Crippen molar-refractivity contribution >= 4 is 23.8 Å². The van der Waals surface area contributed by atoms with Crippen LogP contribution in [0.4, 0.5) is 0 Å². The summed E-state index contributed by atoms with van der Waals surface area (Å²) < 4.78 is 0. The molecule has 0 spiro atoms. The van der Waals surface area contributed by atoms with Crippen LogP contribution in [0, 0.1) is 5.92 Å². The van der Waals surface area contributed by atoms with E-state index < -0.39 is 11.4 Å². The largest absolute Gasteiger partial charge is 0.480 e. The molecule has 2 N–H and O–H groups in total. The smallest absolute Gasteiger partial charge is 0.320 e. The van der Waals surface area contributed by atoms with Crippen LogP contribution in [-0.2, 0) is 16.6 Å². The fourth-order valence-electron chi connectivity index (χ4n) is 2.71. The predicted octanol–water partition coefficient (Wildman–Crippen LogP) is 2.70. The van der Waals surface area contributed by atoms with Crippen LogP contribution in [-0.4, -0.2) is 22.5 Å². The SMILES string of the molecule is CC1CCc2cc(Cl)ccc2[C@@]1(C=NO)C(=O)O. The number of fused-ring (bicyclic) bond motifs is 1. The second-order valence-electron chi connectivity index (χ2n) is 4.66. The summed E-state index contributed by atoms with van der Waals surface area (Å²) in [6, 6.07) is 5.16. The minimum Gasteiger partial charge on any atom is -0.480 e. The standard InChI is InChI=1S/C13H14ClNO3/c1-8-2-3-9-6-10(14)4-5-11(9)13(8,7-15-18)12(16)17/h4-8,18H,2-3H2,1H3,(H,16,17)/t8?,13-/m0/s1. The molecular formula is C13H14ClNO3. The van der Waals surface area contributed by atoms with E-state index >= 15 is 0 Å². The van der Waals surface area contributed by atoms with E-state index in [0.29, 0.717) is 17.0 Å². The van der Waals surface area contributed by atoms with Crippen molar-refractivity contribution in [3.05, 3.63) is 34.3 Å². The Morgan fingerprint density at radius 2 is 2.33 bits per heavy atom. The average molecular weight is 268 g/mol. The predicted molar refractivity (Wildman–Crippen MR) is 68.5 cm³/mol. The maximum Gasteiger partial charge on any atom is 0.320 e. The number of carboxylic acid groups (broad SMARTS) is 1. The minimum atomic E-state index is -1.27. The first-order valence-electron chi connectivity index (χ1n) is 5.73. The van der Waals surface area contributed by atoms with E-state index in [0.717, 1.165) is 18.2 Å². The Morgan fingerprint density at radius 1 is 1.61 bits per heavy atom. The van der Waals surface area contributed by atoms with Gasteiger partial charge in [-0.1, -0.05) is 24.6 Å². The second kappa shape index (κ2) is 4.61. The molecule has 18 heavy (non-hydrogen) atoms. The van der Waals surface area contributed by atoms with Gasteiger partial charge in [-0.05, 0) is 42.0 Å². The molecule has 0 aromatic heterocycles. The lowest BCUT2D eigenvalue weighted by atomic mass is 9.64. The number of hydrogen-bond acceptors (Lipinski definition) is 3. The third kappa shape index (κ3) is 1.77. The van der Waals surface area contributed by atoms with Crippen molar-refractivity contribution in [1.82, 2.24) is 0 Å². The molecule has 0 heterocycles. The van der Waals surface area contributed by atoms with E-state index in [2.05, 4.69) is 5.16 Å². The molecule has 1 aliphatic rings. The van der Waals surface area contributed by atoms with Crippen molar-refractivity contribution in [2.75, 3.05) is 0 Å². The normalized spacial score (nSPS) is 27.1. The van der Waals surface area contributed by atoms with E-state index in [9.17, 15) is 9.90 Å². The summed E-state index contributed by atoms with van der Waals surface area (Å²) in [7, 11) is 0. The van der Waals surface area contributed by atoms with Gasteiger partial charge in [0.25, 0.3) is 0 Å². The topological polar surface area (TPSA) is 69.9 Å². The minimum absolute atomic E-state index is 0.139. The van der Waals surface area contributed by atoms with Crippen LogP contribution in [0.5, 0.6) is 0 Å². The quantitative estimate of drug-likeness (QED) is 0.492. The number of nitrogens with zero attached hydrogens (tertiary/aromatic N) is 1.